The molecule has 428 valence electrons. The Labute approximate surface area is 450 Å². The summed E-state index contributed by atoms with van der Waals surface area (Å²) < 4.78 is 17.0. The van der Waals surface area contributed by atoms with Crippen molar-refractivity contribution >= 4 is 17.9 Å². The zero-order valence-corrected chi connectivity index (χ0v) is 49.6. The monoisotopic (exact) mass is 1020 g/mol. The molecule has 0 aliphatic carbocycles. The van der Waals surface area contributed by atoms with Crippen molar-refractivity contribution in [2.24, 2.45) is 11.8 Å². The van der Waals surface area contributed by atoms with E-state index in [2.05, 4.69) is 34.6 Å². The van der Waals surface area contributed by atoms with Gasteiger partial charge in [0.1, 0.15) is 13.2 Å². The maximum absolute atomic E-state index is 12.9. The summed E-state index contributed by atoms with van der Waals surface area (Å²) in [5, 5.41) is 0. The van der Waals surface area contributed by atoms with Crippen LogP contribution in [0.15, 0.2) is 0 Å². The van der Waals surface area contributed by atoms with Crippen LogP contribution in [-0.4, -0.2) is 37.2 Å². The highest BCUT2D eigenvalue weighted by atomic mass is 16.6. The fourth-order valence-corrected chi connectivity index (χ4v) is 10.3. The summed E-state index contributed by atoms with van der Waals surface area (Å²) in [6.45, 7) is 11.5. The lowest BCUT2D eigenvalue weighted by atomic mass is 9.99. The van der Waals surface area contributed by atoms with Crippen molar-refractivity contribution in [1.82, 2.24) is 0 Å². The van der Waals surface area contributed by atoms with Crippen LogP contribution in [0.5, 0.6) is 0 Å². The van der Waals surface area contributed by atoms with Gasteiger partial charge < -0.3 is 14.2 Å². The molecular weight excluding hydrogens is 889 g/mol. The first kappa shape index (κ1) is 70.4. The first-order valence-corrected chi connectivity index (χ1v) is 32.8. The molecule has 0 radical (unpaired) electrons. The molecule has 0 aromatic carbocycles. The molecular formula is C66H128O6. The Morgan fingerprint density at radius 2 is 0.528 bits per heavy atom. The number of carbonyl (C=O) groups is 3. The number of hydrogen-bond donors (Lipinski definition) is 0. The van der Waals surface area contributed by atoms with E-state index in [1.54, 1.807) is 0 Å². The van der Waals surface area contributed by atoms with Crippen LogP contribution in [0, 0.1) is 11.8 Å². The molecule has 1 unspecified atom stereocenters. The Morgan fingerprint density at radius 1 is 0.292 bits per heavy atom. The minimum Gasteiger partial charge on any atom is -0.462 e. The molecule has 0 amide bonds. The van der Waals surface area contributed by atoms with Gasteiger partial charge in [0, 0.05) is 19.3 Å². The summed E-state index contributed by atoms with van der Waals surface area (Å²) in [7, 11) is 0. The summed E-state index contributed by atoms with van der Waals surface area (Å²) in [5.41, 5.74) is 0. The highest BCUT2D eigenvalue weighted by Crippen LogP contribution is 2.19. The van der Waals surface area contributed by atoms with Gasteiger partial charge in [0.25, 0.3) is 0 Å². The van der Waals surface area contributed by atoms with E-state index in [0.29, 0.717) is 19.3 Å². The van der Waals surface area contributed by atoms with Crippen molar-refractivity contribution in [3.05, 3.63) is 0 Å². The number of hydrogen-bond acceptors (Lipinski definition) is 6. The molecule has 0 aliphatic heterocycles. The van der Waals surface area contributed by atoms with Gasteiger partial charge in [-0.25, -0.2) is 0 Å². The lowest BCUT2D eigenvalue weighted by molar-refractivity contribution is -0.167. The normalized spacial score (nSPS) is 12.4. The Kier molecular flexibility index (Phi) is 57.4. The van der Waals surface area contributed by atoms with E-state index in [-0.39, 0.29) is 31.1 Å². The lowest BCUT2D eigenvalue weighted by Crippen LogP contribution is -2.30. The predicted octanol–water partition coefficient (Wildman–Crippen LogP) is 22.0. The summed E-state index contributed by atoms with van der Waals surface area (Å²) in [4.78, 5) is 38.3. The number of esters is 3. The van der Waals surface area contributed by atoms with Crippen molar-refractivity contribution in [3.8, 4) is 0 Å². The smallest absolute Gasteiger partial charge is 0.306 e. The largest absolute Gasteiger partial charge is 0.462 e. The first-order chi connectivity index (χ1) is 35.3. The topological polar surface area (TPSA) is 78.9 Å². The van der Waals surface area contributed by atoms with E-state index in [1.165, 1.54) is 263 Å². The molecule has 0 fully saturated rings. The van der Waals surface area contributed by atoms with Crippen LogP contribution >= 0.6 is 0 Å². The fourth-order valence-electron chi connectivity index (χ4n) is 10.3. The van der Waals surface area contributed by atoms with Gasteiger partial charge in [-0.3, -0.25) is 14.4 Å². The van der Waals surface area contributed by atoms with Gasteiger partial charge in [0.15, 0.2) is 6.10 Å². The van der Waals surface area contributed by atoms with E-state index in [0.717, 1.165) is 69.6 Å². The van der Waals surface area contributed by atoms with E-state index < -0.39 is 6.10 Å². The molecule has 6 heteroatoms. The van der Waals surface area contributed by atoms with Crippen molar-refractivity contribution in [2.45, 2.75) is 381 Å². The Hall–Kier alpha value is -1.59. The average Bonchev–Trinajstić information content (AvgIpc) is 3.37. The maximum atomic E-state index is 12.9. The van der Waals surface area contributed by atoms with Crippen LogP contribution in [0.1, 0.15) is 375 Å². The molecule has 0 bridgehead atoms. The van der Waals surface area contributed by atoms with Crippen LogP contribution in [-0.2, 0) is 28.6 Å². The zero-order valence-electron chi connectivity index (χ0n) is 49.6. The van der Waals surface area contributed by atoms with E-state index in [4.69, 9.17) is 14.2 Å². The van der Waals surface area contributed by atoms with Crippen LogP contribution in [0.2, 0.25) is 0 Å². The summed E-state index contributed by atoms with van der Waals surface area (Å²) in [5.74, 6) is 0.932. The van der Waals surface area contributed by atoms with Crippen molar-refractivity contribution in [1.29, 1.82) is 0 Å². The highest BCUT2D eigenvalue weighted by Gasteiger charge is 2.19. The first-order valence-electron chi connectivity index (χ1n) is 32.8. The third kappa shape index (κ3) is 57.7. The minimum atomic E-state index is -0.763. The van der Waals surface area contributed by atoms with Gasteiger partial charge in [-0.05, 0) is 31.1 Å². The standard InChI is InChI=1S/C66H128O6/c1-6-8-9-10-11-12-13-24-31-36-41-46-51-56-64(67)70-59-63(72-66(69)58-53-48-43-38-33-28-23-19-18-20-25-29-34-39-44-49-54-61(3)4)60-71-65(68)57-52-47-42-37-32-27-22-17-15-14-16-21-26-30-35-40-45-50-55-62(5)7-2/h61-63H,6-60H2,1-5H3/t62?,63-/m0/s1. The molecule has 0 aliphatic rings. The third-order valence-corrected chi connectivity index (χ3v) is 15.6. The van der Waals surface area contributed by atoms with Gasteiger partial charge in [0.05, 0.1) is 0 Å². The summed E-state index contributed by atoms with van der Waals surface area (Å²) >= 11 is 0. The average molecular weight is 1020 g/mol. The van der Waals surface area contributed by atoms with Crippen LogP contribution < -0.4 is 0 Å². The van der Waals surface area contributed by atoms with Gasteiger partial charge >= 0.3 is 17.9 Å². The van der Waals surface area contributed by atoms with Crippen LogP contribution in [0.4, 0.5) is 0 Å². The molecule has 0 saturated heterocycles. The van der Waals surface area contributed by atoms with Gasteiger partial charge in [0.2, 0.25) is 0 Å². The number of unbranched alkanes of at least 4 members (excludes halogenated alkanes) is 44. The van der Waals surface area contributed by atoms with Crippen molar-refractivity contribution in [2.75, 3.05) is 13.2 Å². The second-order valence-corrected chi connectivity index (χ2v) is 23.5. The Balaban J connectivity index is 4.24. The van der Waals surface area contributed by atoms with Gasteiger partial charge in [-0.1, -0.05) is 336 Å². The Bertz CT molecular complexity index is 1110. The predicted molar refractivity (Wildman–Crippen MR) is 312 cm³/mol. The Morgan fingerprint density at radius 3 is 0.792 bits per heavy atom. The number of carbonyl (C=O) groups excluding carboxylic acids is 3. The molecule has 0 aromatic rings. The lowest BCUT2D eigenvalue weighted by Gasteiger charge is -2.18. The highest BCUT2D eigenvalue weighted by molar-refractivity contribution is 5.71. The summed E-state index contributed by atoms with van der Waals surface area (Å²) in [6.07, 6.45) is 65.3. The van der Waals surface area contributed by atoms with E-state index in [1.807, 2.05) is 0 Å². The minimum absolute atomic E-state index is 0.0616. The van der Waals surface area contributed by atoms with Gasteiger partial charge in [-0.2, -0.15) is 0 Å². The number of rotatable bonds is 60. The second-order valence-electron chi connectivity index (χ2n) is 23.5. The maximum Gasteiger partial charge on any atom is 0.306 e. The van der Waals surface area contributed by atoms with Crippen molar-refractivity contribution < 1.29 is 28.6 Å². The molecule has 0 aromatic heterocycles. The molecule has 0 rings (SSSR count). The number of ether oxygens (including phenoxy) is 3. The molecule has 0 spiro atoms. The molecule has 6 nitrogen and oxygen atoms in total. The molecule has 0 saturated carbocycles. The third-order valence-electron chi connectivity index (χ3n) is 15.6. The molecule has 72 heavy (non-hydrogen) atoms. The molecule has 0 N–H and O–H groups in total. The van der Waals surface area contributed by atoms with Gasteiger partial charge in [-0.15, -0.1) is 0 Å². The molecule has 0 heterocycles. The van der Waals surface area contributed by atoms with E-state index >= 15 is 0 Å². The zero-order chi connectivity index (χ0) is 52.5. The van der Waals surface area contributed by atoms with Crippen molar-refractivity contribution in [3.63, 3.8) is 0 Å². The molecule has 2 atom stereocenters. The second kappa shape index (κ2) is 58.7. The van der Waals surface area contributed by atoms with Crippen LogP contribution in [0.3, 0.4) is 0 Å². The summed E-state index contributed by atoms with van der Waals surface area (Å²) in [6, 6.07) is 0. The van der Waals surface area contributed by atoms with Crippen LogP contribution in [0.25, 0.3) is 0 Å². The quantitative estimate of drug-likeness (QED) is 0.0343. The fraction of sp³-hybridized carbons (Fsp3) is 0.955. The van der Waals surface area contributed by atoms with E-state index in [9.17, 15) is 14.4 Å². The SMILES string of the molecule is CCCCCCCCCCCCCCCC(=O)OC[C@@H](COC(=O)CCCCCCCCCCCCCCCCCCCCC(C)CC)OC(=O)CCCCCCCCCCCCCCCCCCC(C)C.